The minimum Gasteiger partial charge on any atom is -0.508 e. The van der Waals surface area contributed by atoms with E-state index in [1.807, 2.05) is 24.9 Å². The number of fused-ring (bicyclic) bond motifs is 2. The van der Waals surface area contributed by atoms with Crippen LogP contribution in [0.4, 0.5) is 26.0 Å². The lowest BCUT2D eigenvalue weighted by molar-refractivity contribution is -0.121. The molecule has 348 valence electrons. The molecule has 66 heavy (non-hydrogen) atoms. The number of aryl methyl sites for hydroxylation is 1. The average molecular weight is 898 g/mol. The summed E-state index contributed by atoms with van der Waals surface area (Å²) in [6, 6.07) is 15.9. The Bertz CT molecular complexity index is 2650. The van der Waals surface area contributed by atoms with Gasteiger partial charge in [0.2, 0.25) is 5.91 Å². The third-order valence-electron chi connectivity index (χ3n) is 15.1. The number of hydrogen-bond donors (Lipinski definition) is 1. The summed E-state index contributed by atoms with van der Waals surface area (Å²) >= 11 is 0. The van der Waals surface area contributed by atoms with Crippen LogP contribution >= 0.6 is 0 Å². The van der Waals surface area contributed by atoms with Gasteiger partial charge in [0.25, 0.3) is 0 Å². The summed E-state index contributed by atoms with van der Waals surface area (Å²) in [4.78, 5) is 34.5. The maximum atomic E-state index is 17.1. The van der Waals surface area contributed by atoms with Crippen LogP contribution in [0.2, 0.25) is 0 Å². The average Bonchev–Trinajstić information content (AvgIpc) is 4.10. The Morgan fingerprint density at radius 1 is 0.955 bits per heavy atom. The van der Waals surface area contributed by atoms with Crippen molar-refractivity contribution in [2.75, 3.05) is 93.8 Å². The van der Waals surface area contributed by atoms with Crippen molar-refractivity contribution < 1.29 is 23.4 Å². The Morgan fingerprint density at radius 3 is 2.44 bits per heavy atom. The molecule has 3 aliphatic heterocycles. The molecule has 1 N–H and O–H groups in total. The van der Waals surface area contributed by atoms with Crippen LogP contribution < -0.4 is 19.4 Å². The van der Waals surface area contributed by atoms with Gasteiger partial charge in [-0.05, 0) is 130 Å². The minimum absolute atomic E-state index is 0.00238. The number of nitrogens with zero attached hydrogens (tertiary/aromatic N) is 7. The minimum atomic E-state index is -0.601. The van der Waals surface area contributed by atoms with Crippen molar-refractivity contribution in [2.45, 2.75) is 72.6 Å². The standard InChI is InChI=1S/C54H65F2N7O3/c1-7-36(4)52(65)59(6)47-29-40(13-11-37(47)5)62-26-24-60(25-27-62)32-38-17-22-61(23-18-38)33-54(19-20-54)34-66-53-57-50-44(51(58-53)63-21-9-10-35(3)31-63)15-14-43(49(50)56)45-30-41(64)28-39-12-16-46(55)42(8-2)48(39)45/h2,11-16,28-30,35-36,38,64H,7,9-10,17-27,31-34H2,1,3-6H3. The molecule has 3 saturated heterocycles. The molecule has 2 atom stereocenters. The molecule has 0 spiro atoms. The molecule has 1 aliphatic carbocycles. The lowest BCUT2D eigenvalue weighted by Gasteiger charge is -2.40. The van der Waals surface area contributed by atoms with Gasteiger partial charge in [-0.15, -0.1) is 6.42 Å². The number of aromatic nitrogens is 2. The summed E-state index contributed by atoms with van der Waals surface area (Å²) in [5.74, 6) is 3.12. The number of terminal acetylenes is 1. The maximum Gasteiger partial charge on any atom is 0.319 e. The van der Waals surface area contributed by atoms with Crippen LogP contribution in [0, 0.1) is 54.1 Å². The fourth-order valence-corrected chi connectivity index (χ4v) is 10.7. The molecule has 0 radical (unpaired) electrons. The van der Waals surface area contributed by atoms with Crippen molar-refractivity contribution in [1.29, 1.82) is 0 Å². The number of likely N-dealkylation sites (tertiary alicyclic amines) is 1. The van der Waals surface area contributed by atoms with Gasteiger partial charge in [-0.25, -0.2) is 8.78 Å². The summed E-state index contributed by atoms with van der Waals surface area (Å²) in [6.07, 6.45) is 13.2. The summed E-state index contributed by atoms with van der Waals surface area (Å²) in [7, 11) is 1.90. The Balaban J connectivity index is 0.842. The predicted octanol–water partition coefficient (Wildman–Crippen LogP) is 9.66. The molecule has 4 fully saturated rings. The molecular weight excluding hydrogens is 833 g/mol. The number of carbonyl (C=O) groups excluding carboxylic acids is 1. The maximum absolute atomic E-state index is 17.1. The number of rotatable bonds is 13. The number of hydrogen-bond acceptors (Lipinski definition) is 9. The monoisotopic (exact) mass is 898 g/mol. The molecule has 1 amide bonds. The molecule has 4 aliphatic rings. The molecular formula is C54H65F2N7O3. The molecule has 4 heterocycles. The second kappa shape index (κ2) is 19.0. The van der Waals surface area contributed by atoms with Gasteiger partial charge in [0.1, 0.15) is 22.9 Å². The van der Waals surface area contributed by atoms with Crippen molar-refractivity contribution in [3.63, 3.8) is 0 Å². The number of halogens is 2. The van der Waals surface area contributed by atoms with Crippen LogP contribution in [0.5, 0.6) is 11.8 Å². The number of aromatic hydroxyl groups is 1. The highest BCUT2D eigenvalue weighted by Crippen LogP contribution is 2.47. The number of piperidine rings is 2. The normalized spacial score (nSPS) is 19.8. The van der Waals surface area contributed by atoms with Gasteiger partial charge in [-0.2, -0.15) is 9.97 Å². The zero-order chi connectivity index (χ0) is 46.3. The van der Waals surface area contributed by atoms with Crippen molar-refractivity contribution >= 4 is 44.8 Å². The molecule has 1 saturated carbocycles. The highest BCUT2D eigenvalue weighted by atomic mass is 19.1. The highest BCUT2D eigenvalue weighted by molar-refractivity contribution is 6.04. The van der Waals surface area contributed by atoms with Crippen LogP contribution in [0.25, 0.3) is 32.8 Å². The number of phenolic OH excluding ortho intramolecular Hbond substituents is 1. The Morgan fingerprint density at radius 2 is 1.73 bits per heavy atom. The highest BCUT2D eigenvalue weighted by Gasteiger charge is 2.45. The van der Waals surface area contributed by atoms with Crippen LogP contribution in [-0.2, 0) is 4.79 Å². The van der Waals surface area contributed by atoms with Crippen molar-refractivity contribution in [2.24, 2.45) is 23.2 Å². The van der Waals surface area contributed by atoms with Crippen molar-refractivity contribution in [3.8, 4) is 35.2 Å². The van der Waals surface area contributed by atoms with Gasteiger partial charge in [-0.1, -0.05) is 44.9 Å². The van der Waals surface area contributed by atoms with E-state index in [0.29, 0.717) is 46.0 Å². The van der Waals surface area contributed by atoms with E-state index < -0.39 is 11.6 Å². The summed E-state index contributed by atoms with van der Waals surface area (Å²) in [5, 5.41) is 12.1. The second-order valence-electron chi connectivity index (χ2n) is 20.0. The summed E-state index contributed by atoms with van der Waals surface area (Å²) < 4.78 is 38.6. The first-order chi connectivity index (χ1) is 31.8. The number of benzene rings is 4. The third kappa shape index (κ3) is 9.39. The molecule has 0 bridgehead atoms. The number of ether oxygens (including phenoxy) is 1. The second-order valence-corrected chi connectivity index (χ2v) is 20.0. The van der Waals surface area contributed by atoms with Gasteiger partial charge in [0.05, 0.1) is 12.2 Å². The van der Waals surface area contributed by atoms with Gasteiger partial charge in [0, 0.05) is 98.4 Å². The first kappa shape index (κ1) is 45.6. The largest absolute Gasteiger partial charge is 0.508 e. The fraction of sp³-hybridized carbons (Fsp3) is 0.500. The van der Waals surface area contributed by atoms with Gasteiger partial charge in [0.15, 0.2) is 5.82 Å². The SMILES string of the molecule is C#Cc1c(F)ccc2cc(O)cc(-c3ccc4c(N5CCCC(C)C5)nc(OCC5(CN6CCC(CN7CCN(c8ccc(C)c(N(C)C(=O)C(C)CC)c8)CC7)CC6)CC5)nc4c3F)c12. The number of phenols is 1. The number of carbonyl (C=O) groups is 1. The predicted molar refractivity (Wildman–Crippen MR) is 262 cm³/mol. The first-order valence-corrected chi connectivity index (χ1v) is 24.2. The van der Waals surface area contributed by atoms with Crippen molar-refractivity contribution in [1.82, 2.24) is 19.8 Å². The molecule has 10 nitrogen and oxygen atoms in total. The van der Waals surface area contributed by atoms with E-state index in [1.165, 1.54) is 36.7 Å². The van der Waals surface area contributed by atoms with Crippen LogP contribution in [0.15, 0.2) is 54.6 Å². The molecule has 5 aromatic rings. The topological polar surface area (TPSA) is 88.5 Å². The molecule has 2 unspecified atom stereocenters. The van der Waals surface area contributed by atoms with E-state index in [0.717, 1.165) is 109 Å². The van der Waals surface area contributed by atoms with Gasteiger partial charge in [-0.3, -0.25) is 9.69 Å². The van der Waals surface area contributed by atoms with Gasteiger partial charge >= 0.3 is 6.01 Å². The molecule has 12 heteroatoms. The first-order valence-electron chi connectivity index (χ1n) is 24.2. The van der Waals surface area contributed by atoms with E-state index in [4.69, 9.17) is 21.1 Å². The lowest BCUT2D eigenvalue weighted by atomic mass is 9.93. The fourth-order valence-electron chi connectivity index (χ4n) is 10.7. The Hall–Kier alpha value is -5.51. The van der Waals surface area contributed by atoms with Gasteiger partial charge < -0.3 is 29.4 Å². The number of anilines is 3. The Kier molecular flexibility index (Phi) is 13.1. The summed E-state index contributed by atoms with van der Waals surface area (Å²) in [6.45, 7) is 18.6. The zero-order valence-electron chi connectivity index (χ0n) is 39.4. The van der Waals surface area contributed by atoms with E-state index >= 15 is 8.78 Å². The van der Waals surface area contributed by atoms with E-state index in [2.05, 4.69) is 64.5 Å². The van der Waals surface area contributed by atoms with E-state index in [-0.39, 0.29) is 45.6 Å². The van der Waals surface area contributed by atoms with Crippen LogP contribution in [0.1, 0.15) is 76.8 Å². The van der Waals surface area contributed by atoms with Crippen molar-refractivity contribution in [3.05, 3.63) is 77.4 Å². The smallest absolute Gasteiger partial charge is 0.319 e. The third-order valence-corrected chi connectivity index (χ3v) is 15.1. The quantitative estimate of drug-likeness (QED) is 0.116. The molecule has 4 aromatic carbocycles. The van der Waals surface area contributed by atoms with Crippen LogP contribution in [0.3, 0.4) is 0 Å². The zero-order valence-corrected chi connectivity index (χ0v) is 39.4. The lowest BCUT2D eigenvalue weighted by Crippen LogP contribution is -2.49. The molecule has 1 aromatic heterocycles. The molecule has 9 rings (SSSR count). The number of piperazine rings is 1. The van der Waals surface area contributed by atoms with E-state index in [1.54, 1.807) is 12.1 Å². The summed E-state index contributed by atoms with van der Waals surface area (Å²) in [5.41, 5.74) is 3.90. The Labute approximate surface area is 388 Å². The van der Waals surface area contributed by atoms with E-state index in [9.17, 15) is 9.90 Å². The number of amides is 1. The van der Waals surface area contributed by atoms with Crippen LogP contribution in [-0.4, -0.2) is 110 Å².